The van der Waals surface area contributed by atoms with Crippen LogP contribution in [0.1, 0.15) is 32.1 Å². The van der Waals surface area contributed by atoms with Gasteiger partial charge in [-0.15, -0.1) is 0 Å². The van der Waals surface area contributed by atoms with Crippen molar-refractivity contribution in [1.82, 2.24) is 0 Å². The quantitative estimate of drug-likeness (QED) is 0.820. The van der Waals surface area contributed by atoms with E-state index in [-0.39, 0.29) is 23.1 Å². The van der Waals surface area contributed by atoms with Crippen LogP contribution in [0, 0.1) is 5.92 Å². The number of sulfonamides is 1. The molecule has 0 aliphatic heterocycles. The fourth-order valence-electron chi connectivity index (χ4n) is 2.60. The zero-order chi connectivity index (χ0) is 14.6. The molecule has 0 atom stereocenters. The second kappa shape index (κ2) is 6.35. The molecule has 0 radical (unpaired) electrons. The van der Waals surface area contributed by atoms with Gasteiger partial charge in [0.2, 0.25) is 10.0 Å². The highest BCUT2D eigenvalue weighted by Crippen LogP contribution is 2.30. The maximum absolute atomic E-state index is 12.1. The van der Waals surface area contributed by atoms with E-state index < -0.39 is 10.0 Å². The van der Waals surface area contributed by atoms with E-state index in [1.54, 1.807) is 6.07 Å². The molecule has 5 nitrogen and oxygen atoms in total. The first-order valence-corrected chi connectivity index (χ1v) is 8.53. The lowest BCUT2D eigenvalue weighted by atomic mass is 9.91. The summed E-state index contributed by atoms with van der Waals surface area (Å²) in [4.78, 5) is 0. The Balaban J connectivity index is 2.03. The third kappa shape index (κ3) is 4.03. The lowest BCUT2D eigenvalue weighted by molar-refractivity contribution is 0.385. The molecule has 20 heavy (non-hydrogen) atoms. The topological polar surface area (TPSA) is 75.6 Å². The summed E-state index contributed by atoms with van der Waals surface area (Å²) in [5, 5.41) is 9.78. The minimum absolute atomic E-state index is 0.123. The molecule has 0 saturated heterocycles. The van der Waals surface area contributed by atoms with E-state index in [0.717, 1.165) is 25.7 Å². The van der Waals surface area contributed by atoms with Crippen LogP contribution >= 0.6 is 0 Å². The molecule has 0 unspecified atom stereocenters. The van der Waals surface area contributed by atoms with E-state index in [2.05, 4.69) is 4.72 Å². The van der Waals surface area contributed by atoms with Crippen molar-refractivity contribution in [2.24, 2.45) is 5.92 Å². The molecule has 0 amide bonds. The summed E-state index contributed by atoms with van der Waals surface area (Å²) in [7, 11) is -1.94. The lowest BCUT2D eigenvalue weighted by Gasteiger charge is -2.21. The van der Waals surface area contributed by atoms with E-state index in [4.69, 9.17) is 4.74 Å². The molecule has 1 aromatic rings. The minimum atomic E-state index is -3.43. The highest BCUT2D eigenvalue weighted by molar-refractivity contribution is 7.92. The van der Waals surface area contributed by atoms with Gasteiger partial charge in [0.05, 0.1) is 18.6 Å². The number of hydrogen-bond acceptors (Lipinski definition) is 4. The standard InChI is InChI=1S/C14H21NO4S/c1-19-12-7-8-13(14(16)9-12)15-20(17,18)10-11-5-3-2-4-6-11/h7-9,11,15-16H,2-6,10H2,1H3. The summed E-state index contributed by atoms with van der Waals surface area (Å²) < 4.78 is 31.7. The summed E-state index contributed by atoms with van der Waals surface area (Å²) in [6.45, 7) is 0. The Bertz CT molecular complexity index is 550. The second-order valence-corrected chi connectivity index (χ2v) is 7.04. The van der Waals surface area contributed by atoms with Crippen molar-refractivity contribution in [3.63, 3.8) is 0 Å². The first-order valence-electron chi connectivity index (χ1n) is 6.87. The number of rotatable bonds is 5. The third-order valence-corrected chi connectivity index (χ3v) is 5.09. The fraction of sp³-hybridized carbons (Fsp3) is 0.571. The van der Waals surface area contributed by atoms with E-state index in [9.17, 15) is 13.5 Å². The van der Waals surface area contributed by atoms with Crippen molar-refractivity contribution >= 4 is 15.7 Å². The molecule has 2 rings (SSSR count). The highest BCUT2D eigenvalue weighted by Gasteiger charge is 2.22. The Morgan fingerprint density at radius 1 is 1.30 bits per heavy atom. The number of hydrogen-bond donors (Lipinski definition) is 2. The summed E-state index contributed by atoms with van der Waals surface area (Å²) >= 11 is 0. The van der Waals surface area contributed by atoms with Crippen LogP contribution in [-0.2, 0) is 10.0 Å². The van der Waals surface area contributed by atoms with Gasteiger partial charge in [0.25, 0.3) is 0 Å². The van der Waals surface area contributed by atoms with Crippen LogP contribution in [0.5, 0.6) is 11.5 Å². The lowest BCUT2D eigenvalue weighted by Crippen LogP contribution is -2.24. The molecule has 1 saturated carbocycles. The number of phenols is 1. The number of anilines is 1. The second-order valence-electron chi connectivity index (χ2n) is 5.27. The van der Waals surface area contributed by atoms with Crippen molar-refractivity contribution in [1.29, 1.82) is 0 Å². The largest absolute Gasteiger partial charge is 0.506 e. The Hall–Kier alpha value is -1.43. The maximum atomic E-state index is 12.1. The minimum Gasteiger partial charge on any atom is -0.506 e. The van der Waals surface area contributed by atoms with Gasteiger partial charge in [-0.2, -0.15) is 0 Å². The molecule has 0 heterocycles. The number of aromatic hydroxyl groups is 1. The number of benzene rings is 1. The van der Waals surface area contributed by atoms with Crippen molar-refractivity contribution in [3.05, 3.63) is 18.2 Å². The average molecular weight is 299 g/mol. The van der Waals surface area contributed by atoms with E-state index in [1.165, 1.54) is 25.7 Å². The van der Waals surface area contributed by atoms with Crippen LogP contribution in [0.3, 0.4) is 0 Å². The third-order valence-electron chi connectivity index (χ3n) is 3.65. The van der Waals surface area contributed by atoms with Crippen LogP contribution in [0.25, 0.3) is 0 Å². The first-order chi connectivity index (χ1) is 9.50. The molecule has 0 bridgehead atoms. The van der Waals surface area contributed by atoms with Crippen LogP contribution in [0.2, 0.25) is 0 Å². The molecule has 0 spiro atoms. The molecule has 1 fully saturated rings. The highest BCUT2D eigenvalue weighted by atomic mass is 32.2. The Morgan fingerprint density at radius 2 is 2.00 bits per heavy atom. The van der Waals surface area contributed by atoms with Crippen molar-refractivity contribution in [3.8, 4) is 11.5 Å². The predicted molar refractivity (Wildman–Crippen MR) is 78.6 cm³/mol. The van der Waals surface area contributed by atoms with Crippen LogP contribution in [-0.4, -0.2) is 26.4 Å². The SMILES string of the molecule is COc1ccc(NS(=O)(=O)CC2CCCCC2)c(O)c1. The van der Waals surface area contributed by atoms with Gasteiger partial charge in [-0.1, -0.05) is 19.3 Å². The van der Waals surface area contributed by atoms with Crippen molar-refractivity contribution in [2.45, 2.75) is 32.1 Å². The molecule has 1 aliphatic rings. The maximum Gasteiger partial charge on any atom is 0.233 e. The molecular formula is C14H21NO4S. The molecule has 0 aromatic heterocycles. The predicted octanol–water partition coefficient (Wildman–Crippen LogP) is 2.72. The Morgan fingerprint density at radius 3 is 2.60 bits per heavy atom. The Labute approximate surface area is 120 Å². The molecule has 2 N–H and O–H groups in total. The van der Waals surface area contributed by atoms with Gasteiger partial charge in [0.1, 0.15) is 11.5 Å². The molecule has 6 heteroatoms. The van der Waals surface area contributed by atoms with Gasteiger partial charge in [0, 0.05) is 6.07 Å². The number of methoxy groups -OCH3 is 1. The normalized spacial score (nSPS) is 16.9. The number of phenolic OH excluding ortho intramolecular Hbond substituents is 1. The van der Waals surface area contributed by atoms with Gasteiger partial charge < -0.3 is 9.84 Å². The summed E-state index contributed by atoms with van der Waals surface area (Å²) in [5.41, 5.74) is 0.196. The van der Waals surface area contributed by atoms with Crippen molar-refractivity contribution < 1.29 is 18.3 Å². The fourth-order valence-corrected chi connectivity index (χ4v) is 4.14. The average Bonchev–Trinajstić information content (AvgIpc) is 2.41. The van der Waals surface area contributed by atoms with Crippen LogP contribution in [0.15, 0.2) is 18.2 Å². The first kappa shape index (κ1) is 15.0. The van der Waals surface area contributed by atoms with Crippen LogP contribution < -0.4 is 9.46 Å². The van der Waals surface area contributed by atoms with E-state index in [0.29, 0.717) is 5.75 Å². The van der Waals surface area contributed by atoms with Gasteiger partial charge in [-0.05, 0) is 30.9 Å². The molecular weight excluding hydrogens is 278 g/mol. The molecule has 1 aliphatic carbocycles. The van der Waals surface area contributed by atoms with Gasteiger partial charge in [0.15, 0.2) is 0 Å². The zero-order valence-corrected chi connectivity index (χ0v) is 12.4. The van der Waals surface area contributed by atoms with E-state index in [1.807, 2.05) is 0 Å². The zero-order valence-electron chi connectivity index (χ0n) is 11.6. The molecule has 112 valence electrons. The summed E-state index contributed by atoms with van der Waals surface area (Å²) in [6.07, 6.45) is 5.34. The van der Waals surface area contributed by atoms with E-state index >= 15 is 0 Å². The Kier molecular flexibility index (Phi) is 4.75. The number of ether oxygens (including phenoxy) is 1. The monoisotopic (exact) mass is 299 g/mol. The van der Waals surface area contributed by atoms with Gasteiger partial charge in [-0.25, -0.2) is 8.42 Å². The number of nitrogens with one attached hydrogen (secondary N) is 1. The summed E-state index contributed by atoms with van der Waals surface area (Å²) in [5.74, 6) is 0.703. The van der Waals surface area contributed by atoms with Crippen LogP contribution in [0.4, 0.5) is 5.69 Å². The molecule has 1 aromatic carbocycles. The van der Waals surface area contributed by atoms with Gasteiger partial charge >= 0.3 is 0 Å². The summed E-state index contributed by atoms with van der Waals surface area (Å²) in [6, 6.07) is 4.50. The smallest absolute Gasteiger partial charge is 0.233 e. The van der Waals surface area contributed by atoms with Crippen molar-refractivity contribution in [2.75, 3.05) is 17.6 Å². The van der Waals surface area contributed by atoms with Gasteiger partial charge in [-0.3, -0.25) is 4.72 Å².